The Bertz CT molecular complexity index is 493. The Balaban J connectivity index is 1.84. The van der Waals surface area contributed by atoms with Gasteiger partial charge in [-0.25, -0.2) is 4.98 Å². The molecule has 0 aliphatic rings. The summed E-state index contributed by atoms with van der Waals surface area (Å²) in [6.07, 6.45) is 0.842. The fourth-order valence-electron chi connectivity index (χ4n) is 1.55. The van der Waals surface area contributed by atoms with Gasteiger partial charge in [0.15, 0.2) is 0 Å². The maximum absolute atomic E-state index is 11.7. The number of rotatable bonds is 4. The number of nitrogens with zero attached hydrogens (tertiary/aromatic N) is 1. The van der Waals surface area contributed by atoms with Crippen LogP contribution in [0, 0.1) is 6.92 Å². The van der Waals surface area contributed by atoms with E-state index in [9.17, 15) is 4.79 Å². The predicted octanol–water partition coefficient (Wildman–Crippen LogP) is 2.42. The molecule has 3 nitrogen and oxygen atoms in total. The fourth-order valence-corrected chi connectivity index (χ4v) is 2.33. The van der Waals surface area contributed by atoms with Gasteiger partial charge < -0.3 is 5.32 Å². The summed E-state index contributed by atoms with van der Waals surface area (Å²) in [5.41, 5.74) is 3.60. The van der Waals surface area contributed by atoms with Crippen LogP contribution in [-0.4, -0.2) is 17.4 Å². The van der Waals surface area contributed by atoms with Crippen molar-refractivity contribution in [2.45, 2.75) is 13.3 Å². The Morgan fingerprint density at radius 2 is 2.12 bits per heavy atom. The number of carbonyl (C=O) groups is 1. The van der Waals surface area contributed by atoms with Gasteiger partial charge in [-0.15, -0.1) is 11.3 Å². The summed E-state index contributed by atoms with van der Waals surface area (Å²) in [6.45, 7) is 2.64. The van der Waals surface area contributed by atoms with Gasteiger partial charge in [-0.1, -0.05) is 18.2 Å². The fraction of sp³-hybridized carbons (Fsp3) is 0.231. The number of benzene rings is 1. The lowest BCUT2D eigenvalue weighted by Gasteiger charge is -2.04. The molecule has 0 unspecified atom stereocenters. The molecule has 88 valence electrons. The van der Waals surface area contributed by atoms with Crippen LogP contribution >= 0.6 is 11.3 Å². The summed E-state index contributed by atoms with van der Waals surface area (Å²) in [6, 6.07) is 9.25. The molecule has 2 aromatic rings. The van der Waals surface area contributed by atoms with E-state index >= 15 is 0 Å². The van der Waals surface area contributed by atoms with Crippen molar-refractivity contribution in [3.63, 3.8) is 0 Å². The van der Waals surface area contributed by atoms with E-state index < -0.39 is 0 Å². The number of hydrogen-bond donors (Lipinski definition) is 1. The van der Waals surface area contributed by atoms with Gasteiger partial charge in [0.05, 0.1) is 11.2 Å². The summed E-state index contributed by atoms with van der Waals surface area (Å²) in [5.74, 6) is -0.0206. The Morgan fingerprint density at radius 1 is 1.35 bits per heavy atom. The zero-order valence-corrected chi connectivity index (χ0v) is 10.5. The standard InChI is InChI=1S/C13H14N2OS/c1-10-12(17-9-15-10)7-8-14-13(16)11-5-3-2-4-6-11/h2-6,9H,7-8H2,1H3,(H,14,16). The molecule has 0 atom stereocenters. The Labute approximate surface area is 105 Å². The summed E-state index contributed by atoms with van der Waals surface area (Å²) < 4.78 is 0. The molecule has 0 saturated heterocycles. The van der Waals surface area contributed by atoms with Crippen LogP contribution in [0.15, 0.2) is 35.8 Å². The average molecular weight is 246 g/mol. The number of thiazole rings is 1. The topological polar surface area (TPSA) is 42.0 Å². The second-order valence-corrected chi connectivity index (χ2v) is 4.67. The molecule has 1 amide bonds. The van der Waals surface area contributed by atoms with E-state index in [1.54, 1.807) is 11.3 Å². The molecular formula is C13H14N2OS. The molecule has 0 fully saturated rings. The highest BCUT2D eigenvalue weighted by Crippen LogP contribution is 2.11. The minimum atomic E-state index is -0.0206. The second kappa shape index (κ2) is 5.59. The number of aryl methyl sites for hydroxylation is 1. The Morgan fingerprint density at radius 3 is 2.76 bits per heavy atom. The maximum Gasteiger partial charge on any atom is 0.251 e. The van der Waals surface area contributed by atoms with Crippen molar-refractivity contribution in [3.8, 4) is 0 Å². The highest BCUT2D eigenvalue weighted by Gasteiger charge is 2.05. The molecule has 17 heavy (non-hydrogen) atoms. The molecule has 4 heteroatoms. The van der Waals surface area contributed by atoms with E-state index in [-0.39, 0.29) is 5.91 Å². The minimum Gasteiger partial charge on any atom is -0.352 e. The van der Waals surface area contributed by atoms with Crippen molar-refractivity contribution in [2.24, 2.45) is 0 Å². The van der Waals surface area contributed by atoms with E-state index in [0.717, 1.165) is 12.1 Å². The molecule has 1 heterocycles. The van der Waals surface area contributed by atoms with Crippen LogP contribution in [0.1, 0.15) is 20.9 Å². The number of carbonyl (C=O) groups excluding carboxylic acids is 1. The van der Waals surface area contributed by atoms with E-state index in [1.807, 2.05) is 42.8 Å². The van der Waals surface area contributed by atoms with Crippen molar-refractivity contribution in [3.05, 3.63) is 52.0 Å². The van der Waals surface area contributed by atoms with Gasteiger partial charge in [0.2, 0.25) is 0 Å². The third-order valence-corrected chi connectivity index (χ3v) is 3.51. The molecule has 1 aromatic carbocycles. The SMILES string of the molecule is Cc1ncsc1CCNC(=O)c1ccccc1. The van der Waals surface area contributed by atoms with Crippen molar-refractivity contribution >= 4 is 17.2 Å². The first-order valence-electron chi connectivity index (χ1n) is 5.49. The van der Waals surface area contributed by atoms with E-state index in [0.29, 0.717) is 12.1 Å². The number of amides is 1. The predicted molar refractivity (Wildman–Crippen MR) is 69.3 cm³/mol. The molecule has 2 rings (SSSR count). The first-order chi connectivity index (χ1) is 8.27. The van der Waals surface area contributed by atoms with Crippen LogP contribution in [-0.2, 0) is 6.42 Å². The number of hydrogen-bond acceptors (Lipinski definition) is 3. The molecule has 1 N–H and O–H groups in total. The second-order valence-electron chi connectivity index (χ2n) is 3.73. The lowest BCUT2D eigenvalue weighted by Crippen LogP contribution is -2.25. The monoisotopic (exact) mass is 246 g/mol. The van der Waals surface area contributed by atoms with Crippen molar-refractivity contribution in [1.82, 2.24) is 10.3 Å². The Kier molecular flexibility index (Phi) is 3.88. The third-order valence-electron chi connectivity index (χ3n) is 2.52. The first kappa shape index (κ1) is 11.8. The summed E-state index contributed by atoms with van der Waals surface area (Å²) in [4.78, 5) is 17.1. The summed E-state index contributed by atoms with van der Waals surface area (Å²) in [5, 5.41) is 2.90. The quantitative estimate of drug-likeness (QED) is 0.900. The van der Waals surface area contributed by atoms with Gasteiger partial charge in [0, 0.05) is 23.4 Å². The van der Waals surface area contributed by atoms with Crippen LogP contribution in [0.5, 0.6) is 0 Å². The zero-order chi connectivity index (χ0) is 12.1. The summed E-state index contributed by atoms with van der Waals surface area (Å²) >= 11 is 1.63. The van der Waals surface area contributed by atoms with Crippen molar-refractivity contribution in [1.29, 1.82) is 0 Å². The molecule has 0 bridgehead atoms. The highest BCUT2D eigenvalue weighted by molar-refractivity contribution is 7.09. The largest absolute Gasteiger partial charge is 0.352 e. The van der Waals surface area contributed by atoms with E-state index in [4.69, 9.17) is 0 Å². The number of nitrogens with one attached hydrogen (secondary N) is 1. The van der Waals surface area contributed by atoms with Gasteiger partial charge in [-0.2, -0.15) is 0 Å². The third kappa shape index (κ3) is 3.14. The zero-order valence-electron chi connectivity index (χ0n) is 9.64. The lowest BCUT2D eigenvalue weighted by molar-refractivity contribution is 0.0954. The first-order valence-corrected chi connectivity index (χ1v) is 6.37. The van der Waals surface area contributed by atoms with Gasteiger partial charge in [-0.05, 0) is 19.1 Å². The van der Waals surface area contributed by atoms with Crippen LogP contribution < -0.4 is 5.32 Å². The van der Waals surface area contributed by atoms with Crippen LogP contribution in [0.2, 0.25) is 0 Å². The molecular weight excluding hydrogens is 232 g/mol. The maximum atomic E-state index is 11.7. The molecule has 0 aliphatic heterocycles. The van der Waals surface area contributed by atoms with Gasteiger partial charge >= 0.3 is 0 Å². The van der Waals surface area contributed by atoms with Crippen LogP contribution in [0.4, 0.5) is 0 Å². The van der Waals surface area contributed by atoms with Crippen LogP contribution in [0.3, 0.4) is 0 Å². The van der Waals surface area contributed by atoms with E-state index in [1.165, 1.54) is 4.88 Å². The normalized spacial score (nSPS) is 10.2. The van der Waals surface area contributed by atoms with Crippen molar-refractivity contribution < 1.29 is 4.79 Å². The van der Waals surface area contributed by atoms with E-state index in [2.05, 4.69) is 10.3 Å². The Hall–Kier alpha value is -1.68. The number of aromatic nitrogens is 1. The lowest BCUT2D eigenvalue weighted by atomic mass is 10.2. The van der Waals surface area contributed by atoms with Gasteiger partial charge in [0.25, 0.3) is 5.91 Å². The molecule has 0 aliphatic carbocycles. The van der Waals surface area contributed by atoms with Gasteiger partial charge in [-0.3, -0.25) is 4.79 Å². The molecule has 0 radical (unpaired) electrons. The molecule has 0 saturated carbocycles. The van der Waals surface area contributed by atoms with Crippen molar-refractivity contribution in [2.75, 3.05) is 6.54 Å². The molecule has 1 aromatic heterocycles. The summed E-state index contributed by atoms with van der Waals surface area (Å²) in [7, 11) is 0. The smallest absolute Gasteiger partial charge is 0.251 e. The molecule has 0 spiro atoms. The highest BCUT2D eigenvalue weighted by atomic mass is 32.1. The average Bonchev–Trinajstić information content (AvgIpc) is 2.76. The van der Waals surface area contributed by atoms with Crippen LogP contribution in [0.25, 0.3) is 0 Å². The minimum absolute atomic E-state index is 0.0206. The van der Waals surface area contributed by atoms with Gasteiger partial charge in [0.1, 0.15) is 0 Å².